The topological polar surface area (TPSA) is 83.1 Å². The van der Waals surface area contributed by atoms with Crippen LogP contribution in [0.5, 0.6) is 0 Å². The molecule has 1 aromatic carbocycles. The summed E-state index contributed by atoms with van der Waals surface area (Å²) in [5.41, 5.74) is 2.70. The van der Waals surface area contributed by atoms with Gasteiger partial charge in [0.05, 0.1) is 6.04 Å². The quantitative estimate of drug-likeness (QED) is 0.757. The number of aromatic nitrogens is 1. The average Bonchev–Trinajstić information content (AvgIpc) is 3.46. The van der Waals surface area contributed by atoms with Crippen LogP contribution in [0.25, 0.3) is 0 Å². The van der Waals surface area contributed by atoms with Crippen molar-refractivity contribution in [3.8, 4) is 0 Å². The normalized spacial score (nSPS) is 14.4. The maximum atomic E-state index is 12.0. The van der Waals surface area contributed by atoms with Crippen LogP contribution >= 0.6 is 0 Å². The van der Waals surface area contributed by atoms with Crippen LogP contribution < -0.4 is 16.0 Å². The molecule has 3 rings (SSSR count). The van der Waals surface area contributed by atoms with Crippen molar-refractivity contribution >= 4 is 17.6 Å². The van der Waals surface area contributed by atoms with Gasteiger partial charge in [0.25, 0.3) is 0 Å². The van der Waals surface area contributed by atoms with Crippen molar-refractivity contribution in [2.45, 2.75) is 32.4 Å². The van der Waals surface area contributed by atoms with E-state index < -0.39 is 0 Å². The average molecular weight is 338 g/mol. The smallest absolute Gasteiger partial charge is 0.315 e. The highest BCUT2D eigenvalue weighted by atomic mass is 16.2. The Morgan fingerprint density at radius 3 is 2.60 bits per heavy atom. The molecule has 3 amide bonds. The molecule has 1 atom stereocenters. The molecule has 6 heteroatoms. The second-order valence-electron chi connectivity index (χ2n) is 6.30. The van der Waals surface area contributed by atoms with Gasteiger partial charge in [0, 0.05) is 30.5 Å². The minimum absolute atomic E-state index is 0.0914. The Morgan fingerprint density at radius 1 is 1.20 bits per heavy atom. The summed E-state index contributed by atoms with van der Waals surface area (Å²) >= 11 is 0. The Kier molecular flexibility index (Phi) is 5.28. The zero-order valence-electron chi connectivity index (χ0n) is 14.2. The minimum Gasteiger partial charge on any atom is -0.334 e. The van der Waals surface area contributed by atoms with Gasteiger partial charge in [0.15, 0.2) is 0 Å². The van der Waals surface area contributed by atoms with Crippen molar-refractivity contribution in [2.75, 3.05) is 5.32 Å². The molecule has 2 aromatic rings. The van der Waals surface area contributed by atoms with Crippen molar-refractivity contribution in [3.63, 3.8) is 0 Å². The fourth-order valence-corrected chi connectivity index (χ4v) is 2.46. The second-order valence-corrected chi connectivity index (χ2v) is 6.30. The number of rotatable bonds is 6. The van der Waals surface area contributed by atoms with Gasteiger partial charge in [-0.3, -0.25) is 9.78 Å². The van der Waals surface area contributed by atoms with Crippen LogP contribution in [0.3, 0.4) is 0 Å². The third-order valence-corrected chi connectivity index (χ3v) is 4.15. The number of hydrogen-bond donors (Lipinski definition) is 3. The molecule has 25 heavy (non-hydrogen) atoms. The standard InChI is InChI=1S/C19H22N4O2/c1-13(22-19(25)21-12-14-3-2-10-20-11-14)15-6-8-17(9-7-15)23-18(24)16-4-5-16/h2-3,6-11,13,16H,4-5,12H2,1H3,(H,23,24)(H2,21,22,25)/t13-/m0/s1. The summed E-state index contributed by atoms with van der Waals surface area (Å²) in [5.74, 6) is 0.275. The van der Waals surface area contributed by atoms with Gasteiger partial charge >= 0.3 is 6.03 Å². The van der Waals surface area contributed by atoms with E-state index >= 15 is 0 Å². The fourth-order valence-electron chi connectivity index (χ4n) is 2.46. The number of benzene rings is 1. The summed E-state index contributed by atoms with van der Waals surface area (Å²) < 4.78 is 0. The van der Waals surface area contributed by atoms with Gasteiger partial charge in [-0.1, -0.05) is 18.2 Å². The second kappa shape index (κ2) is 7.79. The summed E-state index contributed by atoms with van der Waals surface area (Å²) in [6.45, 7) is 2.35. The lowest BCUT2D eigenvalue weighted by molar-refractivity contribution is -0.117. The summed E-state index contributed by atoms with van der Waals surface area (Å²) in [6, 6.07) is 10.9. The minimum atomic E-state index is -0.234. The highest BCUT2D eigenvalue weighted by Gasteiger charge is 2.29. The van der Waals surface area contributed by atoms with E-state index in [1.165, 1.54) is 0 Å². The molecule has 0 saturated heterocycles. The number of pyridine rings is 1. The molecule has 0 spiro atoms. The summed E-state index contributed by atoms with van der Waals surface area (Å²) in [4.78, 5) is 27.8. The van der Waals surface area contributed by atoms with E-state index in [1.54, 1.807) is 12.4 Å². The summed E-state index contributed by atoms with van der Waals surface area (Å²) in [7, 11) is 0. The molecule has 0 bridgehead atoms. The zero-order chi connectivity index (χ0) is 17.6. The number of carbonyl (C=O) groups excluding carboxylic acids is 2. The van der Waals surface area contributed by atoms with E-state index in [-0.39, 0.29) is 23.9 Å². The van der Waals surface area contributed by atoms with Gasteiger partial charge < -0.3 is 16.0 Å². The van der Waals surface area contributed by atoms with Gasteiger partial charge in [0.2, 0.25) is 5.91 Å². The van der Waals surface area contributed by atoms with Crippen LogP contribution in [0.15, 0.2) is 48.8 Å². The van der Waals surface area contributed by atoms with Crippen molar-refractivity contribution in [1.29, 1.82) is 0 Å². The third-order valence-electron chi connectivity index (χ3n) is 4.15. The maximum Gasteiger partial charge on any atom is 0.315 e. The molecule has 0 aliphatic heterocycles. The molecule has 0 unspecified atom stereocenters. The monoisotopic (exact) mass is 338 g/mol. The first-order valence-electron chi connectivity index (χ1n) is 8.46. The van der Waals surface area contributed by atoms with Crippen molar-refractivity contribution in [2.24, 2.45) is 5.92 Å². The van der Waals surface area contributed by atoms with E-state index in [0.29, 0.717) is 6.54 Å². The molecule has 0 radical (unpaired) electrons. The zero-order valence-corrected chi connectivity index (χ0v) is 14.2. The molecule has 6 nitrogen and oxygen atoms in total. The van der Waals surface area contributed by atoms with Crippen LogP contribution in [0, 0.1) is 5.92 Å². The van der Waals surface area contributed by atoms with E-state index in [9.17, 15) is 9.59 Å². The van der Waals surface area contributed by atoms with Gasteiger partial charge in [-0.2, -0.15) is 0 Å². The molecule has 1 fully saturated rings. The predicted molar refractivity (Wildman–Crippen MR) is 95.8 cm³/mol. The van der Waals surface area contributed by atoms with Crippen molar-refractivity contribution < 1.29 is 9.59 Å². The summed E-state index contributed by atoms with van der Waals surface area (Å²) in [5, 5.41) is 8.61. The first-order chi connectivity index (χ1) is 12.1. The lowest BCUT2D eigenvalue weighted by atomic mass is 10.1. The third kappa shape index (κ3) is 5.04. The van der Waals surface area contributed by atoms with Crippen molar-refractivity contribution in [3.05, 3.63) is 59.9 Å². The highest BCUT2D eigenvalue weighted by Crippen LogP contribution is 2.30. The van der Waals surface area contributed by atoms with Gasteiger partial charge in [-0.05, 0) is 49.1 Å². The Balaban J connectivity index is 1.47. The number of hydrogen-bond acceptors (Lipinski definition) is 3. The first kappa shape index (κ1) is 17.0. The van der Waals surface area contributed by atoms with Crippen molar-refractivity contribution in [1.82, 2.24) is 15.6 Å². The number of nitrogens with zero attached hydrogens (tertiary/aromatic N) is 1. The van der Waals surface area contributed by atoms with Crippen LogP contribution in [0.1, 0.15) is 36.9 Å². The van der Waals surface area contributed by atoms with Crippen LogP contribution in [-0.4, -0.2) is 16.9 Å². The van der Waals surface area contributed by atoms with Gasteiger partial charge in [0.1, 0.15) is 0 Å². The lowest BCUT2D eigenvalue weighted by Gasteiger charge is -2.15. The molecule has 130 valence electrons. The van der Waals surface area contributed by atoms with E-state index in [1.807, 2.05) is 43.3 Å². The molecular weight excluding hydrogens is 316 g/mol. The number of anilines is 1. The Bertz CT molecular complexity index is 727. The summed E-state index contributed by atoms with van der Waals surface area (Å²) in [6.07, 6.45) is 5.39. The Hall–Kier alpha value is -2.89. The number of amides is 3. The number of carbonyl (C=O) groups is 2. The molecule has 1 heterocycles. The highest BCUT2D eigenvalue weighted by molar-refractivity contribution is 5.94. The van der Waals surface area contributed by atoms with E-state index in [0.717, 1.165) is 29.7 Å². The Morgan fingerprint density at radius 2 is 1.96 bits per heavy atom. The maximum absolute atomic E-state index is 12.0. The van der Waals surface area contributed by atoms with Crippen LogP contribution in [-0.2, 0) is 11.3 Å². The SMILES string of the molecule is C[C@H](NC(=O)NCc1cccnc1)c1ccc(NC(=O)C2CC2)cc1. The number of nitrogens with one attached hydrogen (secondary N) is 3. The number of urea groups is 1. The lowest BCUT2D eigenvalue weighted by Crippen LogP contribution is -2.36. The molecule has 1 aromatic heterocycles. The molecule has 1 aliphatic carbocycles. The molecule has 3 N–H and O–H groups in total. The predicted octanol–water partition coefficient (Wildman–Crippen LogP) is 2.99. The van der Waals surface area contributed by atoms with E-state index in [2.05, 4.69) is 20.9 Å². The fraction of sp³-hybridized carbons (Fsp3) is 0.316. The van der Waals surface area contributed by atoms with Gasteiger partial charge in [-0.25, -0.2) is 4.79 Å². The molecular formula is C19H22N4O2. The first-order valence-corrected chi connectivity index (χ1v) is 8.46. The molecule has 1 aliphatic rings. The Labute approximate surface area is 147 Å². The van der Waals surface area contributed by atoms with Crippen LogP contribution in [0.2, 0.25) is 0 Å². The van der Waals surface area contributed by atoms with Crippen LogP contribution in [0.4, 0.5) is 10.5 Å². The van der Waals surface area contributed by atoms with E-state index in [4.69, 9.17) is 0 Å². The largest absolute Gasteiger partial charge is 0.334 e. The van der Waals surface area contributed by atoms with Gasteiger partial charge in [-0.15, -0.1) is 0 Å². The molecule has 1 saturated carbocycles.